The van der Waals surface area contributed by atoms with Crippen LogP contribution in [-0.4, -0.2) is 29.1 Å². The van der Waals surface area contributed by atoms with Crippen molar-refractivity contribution in [3.63, 3.8) is 0 Å². The number of nitrogens with zero attached hydrogens (tertiary/aromatic N) is 2. The van der Waals surface area contributed by atoms with E-state index in [-0.39, 0.29) is 5.69 Å². The Morgan fingerprint density at radius 2 is 2.06 bits per heavy atom. The van der Waals surface area contributed by atoms with E-state index in [2.05, 4.69) is 16.8 Å². The topological polar surface area (TPSA) is 53.4 Å². The van der Waals surface area contributed by atoms with Gasteiger partial charge in [-0.05, 0) is 43.7 Å². The molecule has 0 atom stereocenters. The van der Waals surface area contributed by atoms with Crippen molar-refractivity contribution < 1.29 is 9.90 Å². The zero-order chi connectivity index (χ0) is 13.1. The monoisotopic (exact) mass is 248 g/mol. The lowest BCUT2D eigenvalue weighted by atomic mass is 9.86. The van der Waals surface area contributed by atoms with Crippen molar-refractivity contribution in [3.8, 4) is 0 Å². The molecular formula is C14H20N2O2. The fraction of sp³-hybridized carbons (Fsp3) is 0.571. The first-order valence-corrected chi connectivity index (χ1v) is 6.50. The second-order valence-electron chi connectivity index (χ2n) is 5.20. The summed E-state index contributed by atoms with van der Waals surface area (Å²) in [6, 6.07) is 4.07. The van der Waals surface area contributed by atoms with Crippen molar-refractivity contribution >= 4 is 11.7 Å². The Hall–Kier alpha value is -1.58. The molecule has 1 aliphatic carbocycles. The number of hydrogen-bond donors (Lipinski definition) is 1. The molecular weight excluding hydrogens is 228 g/mol. The van der Waals surface area contributed by atoms with Crippen LogP contribution in [0.25, 0.3) is 0 Å². The van der Waals surface area contributed by atoms with E-state index < -0.39 is 5.97 Å². The van der Waals surface area contributed by atoms with Gasteiger partial charge in [0.2, 0.25) is 0 Å². The van der Waals surface area contributed by atoms with Gasteiger partial charge < -0.3 is 10.0 Å². The summed E-state index contributed by atoms with van der Waals surface area (Å²) < 4.78 is 0. The largest absolute Gasteiger partial charge is 0.476 e. The van der Waals surface area contributed by atoms with Crippen LogP contribution < -0.4 is 4.90 Å². The molecule has 4 nitrogen and oxygen atoms in total. The highest BCUT2D eigenvalue weighted by Crippen LogP contribution is 2.30. The summed E-state index contributed by atoms with van der Waals surface area (Å²) in [5.74, 6) is -0.163. The highest BCUT2D eigenvalue weighted by Gasteiger charge is 2.24. The zero-order valence-corrected chi connectivity index (χ0v) is 11.0. The number of pyridine rings is 1. The molecule has 0 radical (unpaired) electrons. The molecule has 0 aromatic carbocycles. The van der Waals surface area contributed by atoms with Gasteiger partial charge in [0, 0.05) is 19.3 Å². The van der Waals surface area contributed by atoms with Crippen molar-refractivity contribution in [2.24, 2.45) is 5.92 Å². The first kappa shape index (κ1) is 12.9. The van der Waals surface area contributed by atoms with Gasteiger partial charge in [-0.15, -0.1) is 0 Å². The molecule has 0 bridgehead atoms. The molecule has 0 aliphatic heterocycles. The van der Waals surface area contributed by atoms with Gasteiger partial charge in [0.25, 0.3) is 0 Å². The molecule has 0 unspecified atom stereocenters. The van der Waals surface area contributed by atoms with Crippen molar-refractivity contribution in [2.75, 3.05) is 11.9 Å². The summed E-state index contributed by atoms with van der Waals surface area (Å²) in [4.78, 5) is 17.2. The van der Waals surface area contributed by atoms with Crippen LogP contribution >= 0.6 is 0 Å². The average molecular weight is 248 g/mol. The van der Waals surface area contributed by atoms with E-state index in [1.165, 1.54) is 19.0 Å². The van der Waals surface area contributed by atoms with Crippen molar-refractivity contribution in [3.05, 3.63) is 24.0 Å². The van der Waals surface area contributed by atoms with Crippen molar-refractivity contribution in [1.29, 1.82) is 0 Å². The lowest BCUT2D eigenvalue weighted by Crippen LogP contribution is -2.35. The van der Waals surface area contributed by atoms with Crippen LogP contribution in [0.4, 0.5) is 5.69 Å². The van der Waals surface area contributed by atoms with Crippen LogP contribution in [-0.2, 0) is 0 Å². The Kier molecular flexibility index (Phi) is 3.84. The van der Waals surface area contributed by atoms with Crippen LogP contribution in [0, 0.1) is 5.92 Å². The molecule has 18 heavy (non-hydrogen) atoms. The Morgan fingerprint density at radius 1 is 1.39 bits per heavy atom. The van der Waals surface area contributed by atoms with E-state index in [9.17, 15) is 4.79 Å². The minimum Gasteiger partial charge on any atom is -0.476 e. The molecule has 1 aliphatic rings. The van der Waals surface area contributed by atoms with Gasteiger partial charge in [0.05, 0.1) is 5.69 Å². The molecule has 1 fully saturated rings. The Labute approximate surface area is 108 Å². The van der Waals surface area contributed by atoms with E-state index in [0.717, 1.165) is 24.4 Å². The highest BCUT2D eigenvalue weighted by molar-refractivity contribution is 5.92. The van der Waals surface area contributed by atoms with Crippen LogP contribution in [0.15, 0.2) is 18.3 Å². The van der Waals surface area contributed by atoms with Crippen LogP contribution in [0.2, 0.25) is 0 Å². The van der Waals surface area contributed by atoms with Gasteiger partial charge in [-0.25, -0.2) is 9.78 Å². The predicted molar refractivity (Wildman–Crippen MR) is 71.0 cm³/mol. The molecule has 1 heterocycles. The lowest BCUT2D eigenvalue weighted by molar-refractivity contribution is 0.0691. The summed E-state index contributed by atoms with van der Waals surface area (Å²) in [6.45, 7) is 2.28. The molecule has 1 saturated carbocycles. The third-order valence-corrected chi connectivity index (χ3v) is 3.90. The maximum Gasteiger partial charge on any atom is 0.356 e. The van der Waals surface area contributed by atoms with Gasteiger partial charge in [-0.2, -0.15) is 0 Å². The number of carbonyl (C=O) groups is 1. The summed E-state index contributed by atoms with van der Waals surface area (Å²) in [5, 5.41) is 9.17. The number of rotatable bonds is 3. The van der Waals surface area contributed by atoms with Crippen molar-refractivity contribution in [1.82, 2.24) is 4.98 Å². The first-order valence-electron chi connectivity index (χ1n) is 6.50. The molecule has 1 aromatic heterocycles. The van der Waals surface area contributed by atoms with Crippen LogP contribution in [0.1, 0.15) is 43.1 Å². The average Bonchev–Trinajstić information content (AvgIpc) is 2.39. The molecule has 0 saturated heterocycles. The molecule has 0 amide bonds. The minimum atomic E-state index is -0.957. The number of aromatic nitrogens is 1. The number of hydrogen-bond acceptors (Lipinski definition) is 3. The summed E-state index contributed by atoms with van der Waals surface area (Å²) >= 11 is 0. The van der Waals surface area contributed by atoms with Gasteiger partial charge in [-0.3, -0.25) is 0 Å². The molecule has 4 heteroatoms. The molecule has 98 valence electrons. The summed E-state index contributed by atoms with van der Waals surface area (Å²) in [5.41, 5.74) is 0.878. The fourth-order valence-electron chi connectivity index (χ4n) is 2.67. The number of anilines is 1. The molecule has 2 rings (SSSR count). The molecule has 0 spiro atoms. The summed E-state index contributed by atoms with van der Waals surface area (Å²) in [7, 11) is 1.98. The Bertz CT molecular complexity index is 426. The standard InChI is InChI=1S/C14H20N2O2/c1-10-5-7-11(8-6-10)16(2)12-4-3-9-15-13(12)14(17)18/h3-4,9-11H,5-8H2,1-2H3,(H,17,18). The van der Waals surface area contributed by atoms with E-state index in [4.69, 9.17) is 5.11 Å². The summed E-state index contributed by atoms with van der Waals surface area (Å²) in [6.07, 6.45) is 6.23. The third-order valence-electron chi connectivity index (χ3n) is 3.90. The van der Waals surface area contributed by atoms with Gasteiger partial charge in [0.1, 0.15) is 0 Å². The van der Waals surface area contributed by atoms with Crippen LogP contribution in [0.5, 0.6) is 0 Å². The second kappa shape index (κ2) is 5.38. The fourth-order valence-corrected chi connectivity index (χ4v) is 2.67. The van der Waals surface area contributed by atoms with Crippen molar-refractivity contribution in [2.45, 2.75) is 38.6 Å². The smallest absolute Gasteiger partial charge is 0.356 e. The van der Waals surface area contributed by atoms with E-state index >= 15 is 0 Å². The SMILES string of the molecule is CC1CCC(N(C)c2cccnc2C(=O)O)CC1. The zero-order valence-electron chi connectivity index (χ0n) is 11.0. The normalized spacial score (nSPS) is 23.7. The van der Waals surface area contributed by atoms with E-state index in [0.29, 0.717) is 6.04 Å². The molecule has 1 N–H and O–H groups in total. The number of carboxylic acids is 1. The third kappa shape index (κ3) is 2.63. The minimum absolute atomic E-state index is 0.152. The highest BCUT2D eigenvalue weighted by atomic mass is 16.4. The Morgan fingerprint density at radius 3 is 2.67 bits per heavy atom. The lowest BCUT2D eigenvalue weighted by Gasteiger charge is -2.35. The first-order chi connectivity index (χ1) is 8.59. The number of carboxylic acid groups (broad SMARTS) is 1. The van der Waals surface area contributed by atoms with E-state index in [1.54, 1.807) is 6.07 Å². The van der Waals surface area contributed by atoms with Gasteiger partial charge in [-0.1, -0.05) is 6.92 Å². The quantitative estimate of drug-likeness (QED) is 0.893. The predicted octanol–water partition coefficient (Wildman–Crippen LogP) is 2.79. The number of aromatic carboxylic acids is 1. The molecule has 1 aromatic rings. The van der Waals surface area contributed by atoms with E-state index in [1.807, 2.05) is 13.1 Å². The maximum atomic E-state index is 11.2. The van der Waals surface area contributed by atoms with Gasteiger partial charge >= 0.3 is 5.97 Å². The van der Waals surface area contributed by atoms with Crippen LogP contribution in [0.3, 0.4) is 0 Å². The Balaban J connectivity index is 2.18. The van der Waals surface area contributed by atoms with Gasteiger partial charge in [0.15, 0.2) is 5.69 Å². The second-order valence-corrected chi connectivity index (χ2v) is 5.20. The maximum absolute atomic E-state index is 11.2.